The Labute approximate surface area is 220 Å². The van der Waals surface area contributed by atoms with Crippen molar-refractivity contribution in [3.05, 3.63) is 34.4 Å². The average molecular weight is 515 g/mol. The number of benzene rings is 1. The van der Waals surface area contributed by atoms with Crippen molar-refractivity contribution in [2.45, 2.75) is 95.9 Å². The quantitative estimate of drug-likeness (QED) is 0.109. The number of ether oxygens (including phenoxy) is 2. The topological polar surface area (TPSA) is 99.0 Å². The summed E-state index contributed by atoms with van der Waals surface area (Å²) in [6.45, 7) is 8.55. The lowest BCUT2D eigenvalue weighted by atomic mass is 9.72. The van der Waals surface area contributed by atoms with Crippen LogP contribution in [0.25, 0.3) is 0 Å². The van der Waals surface area contributed by atoms with Crippen molar-refractivity contribution in [2.24, 2.45) is 10.8 Å². The Bertz CT molecular complexity index is 764. The van der Waals surface area contributed by atoms with Gasteiger partial charge in [0, 0.05) is 31.4 Å². The molecule has 8 nitrogen and oxygen atoms in total. The van der Waals surface area contributed by atoms with Crippen molar-refractivity contribution >= 4 is 23.3 Å². The predicted molar refractivity (Wildman–Crippen MR) is 152 cm³/mol. The third-order valence-corrected chi connectivity index (χ3v) is 5.97. The molecular formula is C28H54N2O6. The van der Waals surface area contributed by atoms with Gasteiger partial charge >= 0.3 is 11.9 Å². The number of unbranched alkanes of at least 4 members (excludes halogenated alkanes) is 3. The van der Waals surface area contributed by atoms with Crippen LogP contribution >= 0.6 is 0 Å². The van der Waals surface area contributed by atoms with Gasteiger partial charge in [0.15, 0.2) is 0 Å². The monoisotopic (exact) mass is 514 g/mol. The van der Waals surface area contributed by atoms with E-state index in [0.717, 1.165) is 37.9 Å². The number of esters is 2. The van der Waals surface area contributed by atoms with Crippen LogP contribution in [0, 0.1) is 20.9 Å². The van der Waals surface area contributed by atoms with Crippen molar-refractivity contribution in [3.63, 3.8) is 0 Å². The summed E-state index contributed by atoms with van der Waals surface area (Å²) in [6, 6.07) is 6.53. The van der Waals surface area contributed by atoms with Gasteiger partial charge in [-0.05, 0) is 65.0 Å². The van der Waals surface area contributed by atoms with E-state index < -0.39 is 15.8 Å². The maximum Gasteiger partial charge on any atom is 0.311 e. The van der Waals surface area contributed by atoms with Crippen LogP contribution < -0.4 is 4.90 Å². The molecule has 1 aromatic rings. The van der Waals surface area contributed by atoms with Gasteiger partial charge < -0.3 is 14.4 Å². The van der Waals surface area contributed by atoms with Crippen molar-refractivity contribution in [1.82, 2.24) is 0 Å². The number of anilines is 1. The first-order chi connectivity index (χ1) is 15.0. The molecule has 0 N–H and O–H groups in total. The van der Waals surface area contributed by atoms with Crippen LogP contribution in [-0.2, 0) is 19.1 Å². The molecule has 0 aliphatic rings. The minimum Gasteiger partial charge on any atom is -0.469 e. The molecule has 0 radical (unpaired) electrons. The van der Waals surface area contributed by atoms with Crippen LogP contribution in [0.15, 0.2) is 24.3 Å². The zero-order valence-corrected chi connectivity index (χ0v) is 20.3. The molecule has 0 aromatic heterocycles. The summed E-state index contributed by atoms with van der Waals surface area (Å²) in [5, 5.41) is 10.7. The molecule has 1 aromatic carbocycles. The number of non-ortho nitro benzene ring substituents is 1. The molecule has 1 rings (SSSR count). The number of carbonyl (C=O) groups excluding carboxylic acids is 2. The number of nitro benzene ring substituents is 1. The summed E-state index contributed by atoms with van der Waals surface area (Å²) in [7, 11) is 3.32. The number of hydrogen-bond acceptors (Lipinski definition) is 7. The van der Waals surface area contributed by atoms with Crippen LogP contribution in [0.1, 0.15) is 95.9 Å². The fourth-order valence-electron chi connectivity index (χ4n) is 3.77. The van der Waals surface area contributed by atoms with Gasteiger partial charge in [0.2, 0.25) is 0 Å². The third-order valence-electron chi connectivity index (χ3n) is 5.97. The lowest BCUT2D eigenvalue weighted by molar-refractivity contribution is -0.384. The molecule has 0 heterocycles. The highest BCUT2D eigenvalue weighted by molar-refractivity contribution is 5.80. The third kappa shape index (κ3) is 12.4. The molecule has 0 spiro atoms. The van der Waals surface area contributed by atoms with Gasteiger partial charge in [0.1, 0.15) is 0 Å². The minimum atomic E-state index is -0.756. The summed E-state index contributed by atoms with van der Waals surface area (Å²) in [5.41, 5.74) is -0.456. The Hall–Kier alpha value is -2.64. The fourth-order valence-corrected chi connectivity index (χ4v) is 3.77. The highest BCUT2D eigenvalue weighted by atomic mass is 16.6. The highest BCUT2D eigenvalue weighted by Crippen LogP contribution is 2.38. The van der Waals surface area contributed by atoms with Crippen LogP contribution in [0.5, 0.6) is 0 Å². The van der Waals surface area contributed by atoms with Gasteiger partial charge in [0.05, 0.1) is 29.5 Å². The first-order valence-electron chi connectivity index (χ1n) is 11.2. The standard InChI is InChI=1S/C24H38N2O6.4CH4/c1-7-24(4,18-23(2,3)21(27)31-6)22(28)32-17-11-9-8-10-16-25(5)19-12-14-20(15-13-19)26(29)30;;;;/h12-15H,7-11,16-18H2,1-6H3;4*1H4. The molecule has 0 saturated carbocycles. The molecule has 0 aliphatic carbocycles. The summed E-state index contributed by atoms with van der Waals surface area (Å²) >= 11 is 0. The fraction of sp³-hybridized carbons (Fsp3) is 0.714. The summed E-state index contributed by atoms with van der Waals surface area (Å²) in [6.07, 6.45) is 4.65. The number of nitro groups is 1. The zero-order valence-electron chi connectivity index (χ0n) is 20.3. The van der Waals surface area contributed by atoms with Crippen LogP contribution in [0.3, 0.4) is 0 Å². The van der Waals surface area contributed by atoms with Gasteiger partial charge in [-0.15, -0.1) is 0 Å². The molecule has 36 heavy (non-hydrogen) atoms. The molecule has 0 fully saturated rings. The van der Waals surface area contributed by atoms with Crippen LogP contribution in [0.2, 0.25) is 0 Å². The smallest absolute Gasteiger partial charge is 0.311 e. The number of carbonyl (C=O) groups is 2. The van der Waals surface area contributed by atoms with Crippen molar-refractivity contribution in [1.29, 1.82) is 0 Å². The van der Waals surface area contributed by atoms with E-state index in [-0.39, 0.29) is 47.3 Å². The van der Waals surface area contributed by atoms with Gasteiger partial charge in [0.25, 0.3) is 5.69 Å². The van der Waals surface area contributed by atoms with Crippen molar-refractivity contribution < 1.29 is 24.0 Å². The first-order valence-corrected chi connectivity index (χ1v) is 11.2. The second kappa shape index (κ2) is 18.6. The largest absolute Gasteiger partial charge is 0.469 e. The highest BCUT2D eigenvalue weighted by Gasteiger charge is 2.42. The molecule has 8 heteroatoms. The Morgan fingerprint density at radius 1 is 0.944 bits per heavy atom. The van der Waals surface area contributed by atoms with E-state index in [4.69, 9.17) is 9.47 Å². The zero-order chi connectivity index (χ0) is 24.4. The van der Waals surface area contributed by atoms with Crippen LogP contribution in [-0.4, -0.2) is 44.2 Å². The Morgan fingerprint density at radius 3 is 1.94 bits per heavy atom. The van der Waals surface area contributed by atoms with E-state index in [9.17, 15) is 19.7 Å². The Morgan fingerprint density at radius 2 is 1.47 bits per heavy atom. The van der Waals surface area contributed by atoms with Crippen molar-refractivity contribution in [2.75, 3.05) is 32.2 Å². The Kier molecular flexibility index (Phi) is 20.9. The van der Waals surface area contributed by atoms with E-state index in [2.05, 4.69) is 4.90 Å². The SMILES string of the molecule is C.C.C.C.CCC(C)(CC(C)(C)C(=O)OC)C(=O)OCCCCCCN(C)c1ccc([N+](=O)[O-])cc1. The van der Waals surface area contributed by atoms with E-state index in [1.807, 2.05) is 20.9 Å². The van der Waals surface area contributed by atoms with E-state index in [0.29, 0.717) is 19.4 Å². The van der Waals surface area contributed by atoms with Gasteiger partial charge in [-0.3, -0.25) is 19.7 Å². The van der Waals surface area contributed by atoms with Gasteiger partial charge in [-0.2, -0.15) is 0 Å². The molecule has 0 aliphatic heterocycles. The van der Waals surface area contributed by atoms with Gasteiger partial charge in [-0.25, -0.2) is 0 Å². The Balaban J connectivity index is -0.00000128. The molecule has 0 saturated heterocycles. The second-order valence-electron chi connectivity index (χ2n) is 9.21. The molecule has 1 atom stereocenters. The molecule has 0 bridgehead atoms. The lowest BCUT2D eigenvalue weighted by Crippen LogP contribution is -2.38. The van der Waals surface area contributed by atoms with Gasteiger partial charge in [-0.1, -0.05) is 43.1 Å². The predicted octanol–water partition coefficient (Wildman–Crippen LogP) is 7.68. The number of methoxy groups -OCH3 is 1. The maximum atomic E-state index is 12.7. The lowest BCUT2D eigenvalue weighted by Gasteiger charge is -2.33. The molecule has 0 amide bonds. The van der Waals surface area contributed by atoms with E-state index in [1.54, 1.807) is 26.0 Å². The first kappa shape index (κ1) is 40.5. The summed E-state index contributed by atoms with van der Waals surface area (Å²) in [4.78, 5) is 37.1. The number of hydrogen-bond donors (Lipinski definition) is 0. The van der Waals surface area contributed by atoms with E-state index >= 15 is 0 Å². The molecule has 1 unspecified atom stereocenters. The number of rotatable bonds is 14. The van der Waals surface area contributed by atoms with E-state index in [1.165, 1.54) is 19.2 Å². The maximum absolute atomic E-state index is 12.7. The summed E-state index contributed by atoms with van der Waals surface area (Å²) < 4.78 is 10.4. The minimum absolute atomic E-state index is 0. The molecular weight excluding hydrogens is 460 g/mol. The average Bonchev–Trinajstić information content (AvgIpc) is 2.76. The normalized spacial score (nSPS) is 11.7. The second-order valence-corrected chi connectivity index (χ2v) is 9.21. The van der Waals surface area contributed by atoms with Crippen LogP contribution in [0.4, 0.5) is 11.4 Å². The van der Waals surface area contributed by atoms with Crippen molar-refractivity contribution in [3.8, 4) is 0 Å². The molecule has 212 valence electrons. The number of nitrogens with zero attached hydrogens (tertiary/aromatic N) is 2. The summed E-state index contributed by atoms with van der Waals surface area (Å²) in [5.74, 6) is -0.599.